The van der Waals surface area contributed by atoms with Gasteiger partial charge in [-0.25, -0.2) is 0 Å². The van der Waals surface area contributed by atoms with E-state index < -0.39 is 17.4 Å². The standard InChI is InChI=1S/C14H19NO4/c1-14(2,3)13(18)19-10-6-4-9(5-7-10)8-11(15)12(16)17/h4-7,11H,8,15H2,1-3H3,(H,16,17)/t11-/m0/s1. The second-order valence-corrected chi connectivity index (χ2v) is 5.43. The fourth-order valence-electron chi connectivity index (χ4n) is 1.29. The predicted molar refractivity (Wildman–Crippen MR) is 70.8 cm³/mol. The summed E-state index contributed by atoms with van der Waals surface area (Å²) in [6.07, 6.45) is 0.239. The van der Waals surface area contributed by atoms with E-state index >= 15 is 0 Å². The average molecular weight is 265 g/mol. The van der Waals surface area contributed by atoms with Crippen LogP contribution in [0.4, 0.5) is 0 Å². The molecular weight excluding hydrogens is 246 g/mol. The van der Waals surface area contributed by atoms with E-state index in [1.165, 1.54) is 0 Å². The number of benzene rings is 1. The van der Waals surface area contributed by atoms with E-state index in [2.05, 4.69) is 0 Å². The molecule has 0 heterocycles. The maximum absolute atomic E-state index is 11.7. The SMILES string of the molecule is CC(C)(C)C(=O)Oc1ccc(C[C@H](N)C(=O)O)cc1. The number of rotatable bonds is 4. The Morgan fingerprint density at radius 3 is 2.21 bits per heavy atom. The summed E-state index contributed by atoms with van der Waals surface area (Å²) in [5, 5.41) is 8.71. The Bertz CT molecular complexity index is 459. The number of aliphatic carboxylic acids is 1. The number of esters is 1. The molecule has 1 aromatic carbocycles. The van der Waals surface area contributed by atoms with Gasteiger partial charge >= 0.3 is 11.9 Å². The zero-order chi connectivity index (χ0) is 14.6. The van der Waals surface area contributed by atoms with Crippen LogP contribution in [0.15, 0.2) is 24.3 Å². The van der Waals surface area contributed by atoms with E-state index in [0.29, 0.717) is 5.75 Å². The summed E-state index contributed by atoms with van der Waals surface area (Å²) < 4.78 is 5.20. The molecule has 1 aromatic rings. The van der Waals surface area contributed by atoms with Crippen LogP contribution in [0.25, 0.3) is 0 Å². The summed E-state index contributed by atoms with van der Waals surface area (Å²) in [6, 6.07) is 5.74. The quantitative estimate of drug-likeness (QED) is 0.637. The lowest BCUT2D eigenvalue weighted by Crippen LogP contribution is -2.32. The third-order valence-electron chi connectivity index (χ3n) is 2.52. The third-order valence-corrected chi connectivity index (χ3v) is 2.52. The van der Waals surface area contributed by atoms with Gasteiger partial charge < -0.3 is 15.6 Å². The van der Waals surface area contributed by atoms with Crippen molar-refractivity contribution >= 4 is 11.9 Å². The minimum absolute atomic E-state index is 0.239. The monoisotopic (exact) mass is 265 g/mol. The Morgan fingerprint density at radius 2 is 1.79 bits per heavy atom. The fraction of sp³-hybridized carbons (Fsp3) is 0.429. The molecule has 5 nitrogen and oxygen atoms in total. The predicted octanol–water partition coefficient (Wildman–Crippen LogP) is 1.59. The highest BCUT2D eigenvalue weighted by atomic mass is 16.5. The second kappa shape index (κ2) is 5.84. The minimum atomic E-state index is -1.04. The van der Waals surface area contributed by atoms with Crippen LogP contribution in [-0.2, 0) is 16.0 Å². The first-order chi connectivity index (χ1) is 8.70. The normalized spacial score (nSPS) is 12.8. The van der Waals surface area contributed by atoms with E-state index in [9.17, 15) is 9.59 Å². The highest BCUT2D eigenvalue weighted by molar-refractivity contribution is 5.77. The Morgan fingerprint density at radius 1 is 1.26 bits per heavy atom. The van der Waals surface area contributed by atoms with Crippen molar-refractivity contribution in [3.63, 3.8) is 0 Å². The molecule has 0 fully saturated rings. The van der Waals surface area contributed by atoms with Crippen molar-refractivity contribution in [1.82, 2.24) is 0 Å². The number of carbonyl (C=O) groups excluding carboxylic acids is 1. The lowest BCUT2D eigenvalue weighted by atomic mass is 9.97. The Hall–Kier alpha value is -1.88. The van der Waals surface area contributed by atoms with Crippen molar-refractivity contribution in [2.75, 3.05) is 0 Å². The molecule has 0 aliphatic carbocycles. The molecule has 19 heavy (non-hydrogen) atoms. The molecule has 1 rings (SSSR count). The fourth-order valence-corrected chi connectivity index (χ4v) is 1.29. The van der Waals surface area contributed by atoms with Gasteiger partial charge in [0.2, 0.25) is 0 Å². The van der Waals surface area contributed by atoms with Gasteiger partial charge in [0.05, 0.1) is 5.41 Å². The van der Waals surface area contributed by atoms with E-state index in [-0.39, 0.29) is 12.4 Å². The number of hydrogen-bond acceptors (Lipinski definition) is 4. The average Bonchev–Trinajstić information content (AvgIpc) is 2.30. The number of carboxylic acid groups (broad SMARTS) is 1. The first kappa shape index (κ1) is 15.2. The molecule has 0 radical (unpaired) electrons. The molecule has 0 aliphatic rings. The summed E-state index contributed by atoms with van der Waals surface area (Å²) in [7, 11) is 0. The van der Waals surface area contributed by atoms with E-state index in [1.807, 2.05) is 0 Å². The van der Waals surface area contributed by atoms with Gasteiger partial charge in [0.25, 0.3) is 0 Å². The van der Waals surface area contributed by atoms with Crippen molar-refractivity contribution in [1.29, 1.82) is 0 Å². The first-order valence-corrected chi connectivity index (χ1v) is 6.00. The third kappa shape index (κ3) is 4.71. The first-order valence-electron chi connectivity index (χ1n) is 6.00. The molecule has 104 valence electrons. The minimum Gasteiger partial charge on any atom is -0.480 e. The van der Waals surface area contributed by atoms with E-state index in [0.717, 1.165) is 5.56 Å². The molecule has 0 aliphatic heterocycles. The number of nitrogens with two attached hydrogens (primary N) is 1. The number of hydrogen-bond donors (Lipinski definition) is 2. The van der Waals surface area contributed by atoms with E-state index in [1.54, 1.807) is 45.0 Å². The van der Waals surface area contributed by atoms with Crippen LogP contribution >= 0.6 is 0 Å². The van der Waals surface area contributed by atoms with Gasteiger partial charge in [-0.1, -0.05) is 12.1 Å². The van der Waals surface area contributed by atoms with Gasteiger partial charge in [0.15, 0.2) is 0 Å². The Kier molecular flexibility index (Phi) is 4.67. The number of ether oxygens (including phenoxy) is 1. The zero-order valence-corrected chi connectivity index (χ0v) is 11.3. The molecule has 0 saturated heterocycles. The van der Waals surface area contributed by atoms with Crippen LogP contribution in [0.3, 0.4) is 0 Å². The molecular formula is C14H19NO4. The summed E-state index contributed by atoms with van der Waals surface area (Å²) >= 11 is 0. The largest absolute Gasteiger partial charge is 0.480 e. The van der Waals surface area contributed by atoms with Crippen molar-refractivity contribution in [2.24, 2.45) is 11.1 Å². The van der Waals surface area contributed by atoms with Crippen LogP contribution < -0.4 is 10.5 Å². The van der Waals surface area contributed by atoms with Crippen LogP contribution in [0.5, 0.6) is 5.75 Å². The maximum atomic E-state index is 11.7. The van der Waals surface area contributed by atoms with Gasteiger partial charge in [0.1, 0.15) is 11.8 Å². The maximum Gasteiger partial charge on any atom is 0.320 e. The Balaban J connectivity index is 2.67. The van der Waals surface area contributed by atoms with Gasteiger partial charge in [-0.3, -0.25) is 9.59 Å². The van der Waals surface area contributed by atoms with Crippen molar-refractivity contribution in [3.05, 3.63) is 29.8 Å². The molecule has 1 atom stereocenters. The van der Waals surface area contributed by atoms with Gasteiger partial charge in [-0.05, 0) is 44.9 Å². The second-order valence-electron chi connectivity index (χ2n) is 5.43. The summed E-state index contributed by atoms with van der Waals surface area (Å²) in [4.78, 5) is 22.3. The van der Waals surface area contributed by atoms with Crippen molar-refractivity contribution in [3.8, 4) is 5.75 Å². The van der Waals surface area contributed by atoms with Gasteiger partial charge in [-0.15, -0.1) is 0 Å². The summed E-state index contributed by atoms with van der Waals surface area (Å²) in [6.45, 7) is 5.32. The molecule has 0 spiro atoms. The van der Waals surface area contributed by atoms with Crippen molar-refractivity contribution < 1.29 is 19.4 Å². The summed E-state index contributed by atoms with van der Waals surface area (Å²) in [5.74, 6) is -0.918. The van der Waals surface area contributed by atoms with Crippen molar-refractivity contribution in [2.45, 2.75) is 33.2 Å². The molecule has 3 N–H and O–H groups in total. The Labute approximate surface area is 112 Å². The van der Waals surface area contributed by atoms with Crippen LogP contribution in [0.1, 0.15) is 26.3 Å². The number of carboxylic acids is 1. The van der Waals surface area contributed by atoms with Gasteiger partial charge in [0, 0.05) is 0 Å². The lowest BCUT2D eigenvalue weighted by Gasteiger charge is -2.16. The molecule has 0 saturated carbocycles. The highest BCUT2D eigenvalue weighted by Crippen LogP contribution is 2.20. The number of carbonyl (C=O) groups is 2. The molecule has 0 unspecified atom stereocenters. The molecule has 5 heteroatoms. The smallest absolute Gasteiger partial charge is 0.320 e. The zero-order valence-electron chi connectivity index (χ0n) is 11.3. The molecule has 0 amide bonds. The van der Waals surface area contributed by atoms with Gasteiger partial charge in [-0.2, -0.15) is 0 Å². The van der Waals surface area contributed by atoms with Crippen LogP contribution in [0.2, 0.25) is 0 Å². The lowest BCUT2D eigenvalue weighted by molar-refractivity contribution is -0.143. The van der Waals surface area contributed by atoms with Crippen LogP contribution in [-0.4, -0.2) is 23.1 Å². The summed E-state index contributed by atoms with van der Waals surface area (Å²) in [5.41, 5.74) is 5.66. The topological polar surface area (TPSA) is 89.6 Å². The molecule has 0 aromatic heterocycles. The van der Waals surface area contributed by atoms with E-state index in [4.69, 9.17) is 15.6 Å². The van der Waals surface area contributed by atoms with Crippen LogP contribution in [0, 0.1) is 5.41 Å². The molecule has 0 bridgehead atoms. The highest BCUT2D eigenvalue weighted by Gasteiger charge is 2.23.